The van der Waals surface area contributed by atoms with Gasteiger partial charge in [-0.2, -0.15) is 13.2 Å². The first-order chi connectivity index (χ1) is 13.8. The van der Waals surface area contributed by atoms with E-state index < -0.39 is 17.7 Å². The Hall–Kier alpha value is -3.81. The van der Waals surface area contributed by atoms with E-state index in [1.54, 1.807) is 24.5 Å². The Morgan fingerprint density at radius 2 is 1.69 bits per heavy atom. The summed E-state index contributed by atoms with van der Waals surface area (Å²) in [5.74, 6) is -1.00. The number of fused-ring (bicyclic) bond motifs is 1. The van der Waals surface area contributed by atoms with E-state index in [4.69, 9.17) is 5.11 Å². The maximum Gasteiger partial charge on any atom is 0.416 e. The third-order valence-corrected chi connectivity index (χ3v) is 4.49. The topological polar surface area (TPSA) is 78.0 Å². The van der Waals surface area contributed by atoms with Gasteiger partial charge in [0.2, 0.25) is 0 Å². The number of carboxylic acids is 1. The van der Waals surface area contributed by atoms with Crippen molar-refractivity contribution in [2.24, 2.45) is 0 Å². The molecule has 4 aromatic rings. The molecule has 0 spiro atoms. The quantitative estimate of drug-likeness (QED) is 0.413. The van der Waals surface area contributed by atoms with Gasteiger partial charge in [0.05, 0.1) is 16.8 Å². The van der Waals surface area contributed by atoms with Crippen molar-refractivity contribution in [2.75, 3.05) is 5.32 Å². The molecule has 3 N–H and O–H groups in total. The largest absolute Gasteiger partial charge is 0.478 e. The smallest absolute Gasteiger partial charge is 0.416 e. The first kappa shape index (κ1) is 18.5. The number of halogens is 3. The number of aromatic carboxylic acids is 1. The number of hydrogen-bond acceptors (Lipinski definition) is 3. The van der Waals surface area contributed by atoms with E-state index in [2.05, 4.69) is 15.3 Å². The summed E-state index contributed by atoms with van der Waals surface area (Å²) in [6, 6.07) is 13.1. The van der Waals surface area contributed by atoms with Gasteiger partial charge in [0.15, 0.2) is 0 Å². The number of hydrogen-bond donors (Lipinski definition) is 3. The van der Waals surface area contributed by atoms with Crippen molar-refractivity contribution in [3.05, 3.63) is 78.1 Å². The zero-order valence-corrected chi connectivity index (χ0v) is 14.8. The standard InChI is InChI=1S/C21H14F3N3O2/c22-21(23,24)15-5-7-16(8-6-15)27-18-11-26-19-17(18)9-14(10-25-19)12-1-3-13(4-2-12)20(28)29/h1-11,27H,(H,25,26)(H,28,29). The fourth-order valence-corrected chi connectivity index (χ4v) is 2.97. The summed E-state index contributed by atoms with van der Waals surface area (Å²) in [5.41, 5.74) is 2.84. The van der Waals surface area contributed by atoms with Crippen molar-refractivity contribution < 1.29 is 23.1 Å². The van der Waals surface area contributed by atoms with Crippen LogP contribution in [-0.2, 0) is 6.18 Å². The molecule has 0 atom stereocenters. The highest BCUT2D eigenvalue weighted by molar-refractivity contribution is 5.94. The summed E-state index contributed by atoms with van der Waals surface area (Å²) in [7, 11) is 0. The molecule has 0 unspecified atom stereocenters. The summed E-state index contributed by atoms with van der Waals surface area (Å²) >= 11 is 0. The number of aromatic amines is 1. The molecule has 2 aromatic heterocycles. The maximum atomic E-state index is 12.7. The van der Waals surface area contributed by atoms with E-state index in [1.807, 2.05) is 6.07 Å². The van der Waals surface area contributed by atoms with E-state index in [0.29, 0.717) is 17.0 Å². The van der Waals surface area contributed by atoms with Gasteiger partial charge in [-0.25, -0.2) is 9.78 Å². The van der Waals surface area contributed by atoms with Gasteiger partial charge in [0.1, 0.15) is 5.65 Å². The Balaban J connectivity index is 1.64. The highest BCUT2D eigenvalue weighted by Gasteiger charge is 2.29. The van der Waals surface area contributed by atoms with Gasteiger partial charge in [-0.3, -0.25) is 0 Å². The van der Waals surface area contributed by atoms with Crippen LogP contribution in [0.2, 0.25) is 0 Å². The van der Waals surface area contributed by atoms with Crippen molar-refractivity contribution in [3.8, 4) is 11.1 Å². The number of pyridine rings is 1. The Labute approximate surface area is 162 Å². The van der Waals surface area contributed by atoms with Crippen molar-refractivity contribution in [1.82, 2.24) is 9.97 Å². The summed E-state index contributed by atoms with van der Waals surface area (Å²) < 4.78 is 38.1. The van der Waals surface area contributed by atoms with Crippen LogP contribution in [0.3, 0.4) is 0 Å². The molecular formula is C21H14F3N3O2. The van der Waals surface area contributed by atoms with Crippen molar-refractivity contribution in [3.63, 3.8) is 0 Å². The third kappa shape index (κ3) is 3.77. The van der Waals surface area contributed by atoms with Crippen LogP contribution in [-0.4, -0.2) is 21.0 Å². The molecule has 0 aliphatic rings. The minimum atomic E-state index is -4.38. The lowest BCUT2D eigenvalue weighted by molar-refractivity contribution is -0.137. The molecule has 0 saturated carbocycles. The third-order valence-electron chi connectivity index (χ3n) is 4.49. The van der Waals surface area contributed by atoms with E-state index in [9.17, 15) is 18.0 Å². The molecule has 0 bridgehead atoms. The Morgan fingerprint density at radius 1 is 1.00 bits per heavy atom. The van der Waals surface area contributed by atoms with Gasteiger partial charge >= 0.3 is 12.1 Å². The molecule has 0 aliphatic carbocycles. The molecule has 2 heterocycles. The van der Waals surface area contributed by atoms with Gasteiger partial charge in [-0.1, -0.05) is 12.1 Å². The summed E-state index contributed by atoms with van der Waals surface area (Å²) in [4.78, 5) is 18.4. The van der Waals surface area contributed by atoms with Crippen LogP contribution >= 0.6 is 0 Å². The second kappa shape index (κ2) is 6.97. The molecule has 146 valence electrons. The first-order valence-electron chi connectivity index (χ1n) is 8.56. The minimum Gasteiger partial charge on any atom is -0.478 e. The summed E-state index contributed by atoms with van der Waals surface area (Å²) in [6.07, 6.45) is -1.03. The van der Waals surface area contributed by atoms with E-state index >= 15 is 0 Å². The second-order valence-electron chi connectivity index (χ2n) is 6.41. The molecular weight excluding hydrogens is 383 g/mol. The molecule has 5 nitrogen and oxygen atoms in total. The average molecular weight is 397 g/mol. The lowest BCUT2D eigenvalue weighted by Crippen LogP contribution is -2.04. The molecule has 8 heteroatoms. The van der Waals surface area contributed by atoms with Crippen molar-refractivity contribution in [2.45, 2.75) is 6.18 Å². The SMILES string of the molecule is O=C(O)c1ccc(-c2cnc3[nH]cc(Nc4ccc(C(F)(F)F)cc4)c3c2)cc1. The Kier molecular flexibility index (Phi) is 4.46. The Bertz CT molecular complexity index is 1180. The van der Waals surface area contributed by atoms with Crippen LogP contribution in [0.25, 0.3) is 22.2 Å². The zero-order valence-electron chi connectivity index (χ0n) is 14.8. The van der Waals surface area contributed by atoms with Gasteiger partial charge in [0, 0.05) is 29.0 Å². The number of benzene rings is 2. The molecule has 0 fully saturated rings. The number of nitrogens with one attached hydrogen (secondary N) is 2. The molecule has 0 aliphatic heterocycles. The molecule has 4 rings (SSSR count). The minimum absolute atomic E-state index is 0.189. The van der Waals surface area contributed by atoms with Gasteiger partial charge in [-0.15, -0.1) is 0 Å². The number of aromatic nitrogens is 2. The lowest BCUT2D eigenvalue weighted by Gasteiger charge is -2.09. The van der Waals surface area contributed by atoms with E-state index in [0.717, 1.165) is 28.6 Å². The molecule has 2 aromatic carbocycles. The molecule has 0 radical (unpaired) electrons. The van der Waals surface area contributed by atoms with Crippen LogP contribution in [0.1, 0.15) is 15.9 Å². The van der Waals surface area contributed by atoms with Gasteiger partial charge < -0.3 is 15.4 Å². The average Bonchev–Trinajstić information content (AvgIpc) is 3.10. The molecule has 0 saturated heterocycles. The van der Waals surface area contributed by atoms with Gasteiger partial charge in [0.25, 0.3) is 0 Å². The van der Waals surface area contributed by atoms with Crippen LogP contribution in [0, 0.1) is 0 Å². The number of carboxylic acid groups (broad SMARTS) is 1. The number of carbonyl (C=O) groups is 1. The van der Waals surface area contributed by atoms with Crippen molar-refractivity contribution >= 4 is 28.4 Å². The van der Waals surface area contributed by atoms with E-state index in [-0.39, 0.29) is 5.56 Å². The summed E-state index contributed by atoms with van der Waals surface area (Å²) in [5, 5.41) is 12.9. The van der Waals surface area contributed by atoms with Crippen LogP contribution in [0.5, 0.6) is 0 Å². The highest BCUT2D eigenvalue weighted by Crippen LogP contribution is 2.32. The van der Waals surface area contributed by atoms with Gasteiger partial charge in [-0.05, 0) is 48.0 Å². The zero-order chi connectivity index (χ0) is 20.6. The number of rotatable bonds is 4. The number of alkyl halides is 3. The molecule has 29 heavy (non-hydrogen) atoms. The number of H-pyrrole nitrogens is 1. The fourth-order valence-electron chi connectivity index (χ4n) is 2.97. The second-order valence-corrected chi connectivity index (χ2v) is 6.41. The van der Waals surface area contributed by atoms with Crippen LogP contribution < -0.4 is 5.32 Å². The lowest BCUT2D eigenvalue weighted by atomic mass is 10.0. The highest BCUT2D eigenvalue weighted by atomic mass is 19.4. The number of anilines is 2. The van der Waals surface area contributed by atoms with Crippen molar-refractivity contribution in [1.29, 1.82) is 0 Å². The maximum absolute atomic E-state index is 12.7. The first-order valence-corrected chi connectivity index (χ1v) is 8.56. The number of nitrogens with zero attached hydrogens (tertiary/aromatic N) is 1. The Morgan fingerprint density at radius 3 is 2.31 bits per heavy atom. The predicted octanol–water partition coefficient (Wildman–Crippen LogP) is 5.69. The fraction of sp³-hybridized carbons (Fsp3) is 0.0476. The monoisotopic (exact) mass is 397 g/mol. The van der Waals surface area contributed by atoms with E-state index in [1.165, 1.54) is 24.3 Å². The molecule has 0 amide bonds. The normalized spacial score (nSPS) is 11.6. The van der Waals surface area contributed by atoms with Crippen LogP contribution in [0.4, 0.5) is 24.5 Å². The van der Waals surface area contributed by atoms with Crippen LogP contribution in [0.15, 0.2) is 67.0 Å². The predicted molar refractivity (Wildman–Crippen MR) is 103 cm³/mol. The summed E-state index contributed by atoms with van der Waals surface area (Å²) in [6.45, 7) is 0.